The van der Waals surface area contributed by atoms with E-state index in [1.807, 2.05) is 6.92 Å². The summed E-state index contributed by atoms with van der Waals surface area (Å²) in [4.78, 5) is 8.09. The number of aryl methyl sites for hydroxylation is 1. The molecule has 3 rings (SSSR count). The fourth-order valence-electron chi connectivity index (χ4n) is 2.69. The second kappa shape index (κ2) is 6.49. The molecule has 3 aromatic rings. The number of fused-ring (bicyclic) bond motifs is 1. The molecule has 4 nitrogen and oxygen atoms in total. The molecule has 0 radical (unpaired) electrons. The van der Waals surface area contributed by atoms with E-state index in [9.17, 15) is 13.2 Å². The van der Waals surface area contributed by atoms with Gasteiger partial charge < -0.3 is 11.5 Å². The van der Waals surface area contributed by atoms with Crippen molar-refractivity contribution < 1.29 is 13.2 Å². The third kappa shape index (κ3) is 3.43. The van der Waals surface area contributed by atoms with Crippen LogP contribution >= 0.6 is 11.6 Å². The van der Waals surface area contributed by atoms with Crippen molar-refractivity contribution in [3.8, 4) is 0 Å². The molecule has 0 saturated heterocycles. The van der Waals surface area contributed by atoms with Crippen molar-refractivity contribution in [2.24, 2.45) is 0 Å². The summed E-state index contributed by atoms with van der Waals surface area (Å²) in [7, 11) is 0. The van der Waals surface area contributed by atoms with Gasteiger partial charge in [0.1, 0.15) is 5.82 Å². The Morgan fingerprint density at radius 3 is 2.31 bits per heavy atom. The first kappa shape index (κ1) is 18.0. The van der Waals surface area contributed by atoms with Gasteiger partial charge in [-0.2, -0.15) is 18.2 Å². The van der Waals surface area contributed by atoms with Crippen LogP contribution in [0.5, 0.6) is 0 Å². The quantitative estimate of drug-likeness (QED) is 0.624. The van der Waals surface area contributed by atoms with Crippen LogP contribution in [0.25, 0.3) is 22.0 Å². The van der Waals surface area contributed by atoms with Crippen LogP contribution in [0.2, 0.25) is 0 Å². The van der Waals surface area contributed by atoms with Gasteiger partial charge in [0.15, 0.2) is 0 Å². The Morgan fingerprint density at radius 2 is 1.69 bits per heavy atom. The van der Waals surface area contributed by atoms with E-state index in [-0.39, 0.29) is 11.8 Å². The Morgan fingerprint density at radius 1 is 1.04 bits per heavy atom. The third-order valence-corrected chi connectivity index (χ3v) is 4.27. The average Bonchev–Trinajstić information content (AvgIpc) is 2.53. The Balaban J connectivity index is 2.03. The fraction of sp³-hybridized carbons (Fsp3) is 0.111. The number of rotatable bonds is 2. The summed E-state index contributed by atoms with van der Waals surface area (Å²) in [6.07, 6.45) is -2.79. The molecule has 0 amide bonds. The maximum Gasteiger partial charge on any atom is 0.416 e. The van der Waals surface area contributed by atoms with E-state index >= 15 is 0 Å². The second-order valence-corrected chi connectivity index (χ2v) is 6.12. The van der Waals surface area contributed by atoms with Gasteiger partial charge in [-0.1, -0.05) is 29.8 Å². The number of alkyl halides is 3. The van der Waals surface area contributed by atoms with Crippen molar-refractivity contribution in [2.75, 3.05) is 11.5 Å². The van der Waals surface area contributed by atoms with E-state index < -0.39 is 11.7 Å². The summed E-state index contributed by atoms with van der Waals surface area (Å²) in [6, 6.07) is 8.22. The van der Waals surface area contributed by atoms with E-state index in [0.717, 1.165) is 17.7 Å². The normalized spacial score (nSPS) is 12.6. The van der Waals surface area contributed by atoms with E-state index in [2.05, 4.69) is 9.97 Å². The molecule has 134 valence electrons. The highest BCUT2D eigenvalue weighted by Crippen LogP contribution is 2.33. The van der Waals surface area contributed by atoms with Gasteiger partial charge in [0.2, 0.25) is 5.95 Å². The van der Waals surface area contributed by atoms with E-state index in [1.165, 1.54) is 12.1 Å². The minimum atomic E-state index is -4.37. The van der Waals surface area contributed by atoms with Crippen LogP contribution in [0.3, 0.4) is 0 Å². The number of hydrogen-bond acceptors (Lipinski definition) is 4. The molecule has 0 aliphatic heterocycles. The molecule has 0 aliphatic carbocycles. The molecule has 2 aromatic carbocycles. The lowest BCUT2D eigenvalue weighted by Gasteiger charge is -2.11. The summed E-state index contributed by atoms with van der Waals surface area (Å²) in [5.41, 5.74) is 13.4. The van der Waals surface area contributed by atoms with Crippen LogP contribution in [0.15, 0.2) is 36.4 Å². The summed E-state index contributed by atoms with van der Waals surface area (Å²) in [6.45, 7) is 1.82. The van der Waals surface area contributed by atoms with Crippen LogP contribution in [0.4, 0.5) is 24.9 Å². The summed E-state index contributed by atoms with van der Waals surface area (Å²) < 4.78 is 37.9. The zero-order chi connectivity index (χ0) is 19.1. The van der Waals surface area contributed by atoms with Crippen LogP contribution < -0.4 is 11.5 Å². The van der Waals surface area contributed by atoms with Crippen molar-refractivity contribution in [3.63, 3.8) is 0 Å². The summed E-state index contributed by atoms with van der Waals surface area (Å²) >= 11 is 6.39. The first-order valence-electron chi connectivity index (χ1n) is 7.54. The molecule has 0 fully saturated rings. The van der Waals surface area contributed by atoms with Crippen molar-refractivity contribution in [3.05, 3.63) is 58.7 Å². The van der Waals surface area contributed by atoms with Gasteiger partial charge >= 0.3 is 6.18 Å². The average molecular weight is 379 g/mol. The lowest BCUT2D eigenvalue weighted by atomic mass is 10.0. The summed E-state index contributed by atoms with van der Waals surface area (Å²) in [5, 5.41) is 0.996. The number of aromatic nitrogens is 2. The number of nitrogens with zero attached hydrogens (tertiary/aromatic N) is 2. The number of anilines is 2. The predicted molar refractivity (Wildman–Crippen MR) is 98.3 cm³/mol. The molecule has 0 unspecified atom stereocenters. The first-order valence-corrected chi connectivity index (χ1v) is 7.92. The molecule has 4 N–H and O–H groups in total. The third-order valence-electron chi connectivity index (χ3n) is 3.96. The molecule has 0 aliphatic rings. The van der Waals surface area contributed by atoms with Gasteiger partial charge in [-0.25, -0.2) is 4.98 Å². The van der Waals surface area contributed by atoms with Crippen LogP contribution in [0, 0.1) is 6.92 Å². The Kier molecular flexibility index (Phi) is 4.50. The molecule has 1 aromatic heterocycles. The van der Waals surface area contributed by atoms with Crippen molar-refractivity contribution in [1.29, 1.82) is 0 Å². The van der Waals surface area contributed by atoms with E-state index in [4.69, 9.17) is 23.1 Å². The van der Waals surface area contributed by atoms with Crippen molar-refractivity contribution in [2.45, 2.75) is 13.1 Å². The Bertz CT molecular complexity index is 1010. The minimum Gasteiger partial charge on any atom is -0.383 e. The lowest BCUT2D eigenvalue weighted by Crippen LogP contribution is -2.04. The number of halogens is 4. The molecule has 1 heterocycles. The Hall–Kier alpha value is -2.80. The topological polar surface area (TPSA) is 77.8 Å². The molecule has 0 bridgehead atoms. The van der Waals surface area contributed by atoms with Crippen LogP contribution in [-0.2, 0) is 6.18 Å². The van der Waals surface area contributed by atoms with Gasteiger partial charge in [-0.05, 0) is 47.9 Å². The van der Waals surface area contributed by atoms with Gasteiger partial charge in [0, 0.05) is 10.4 Å². The molecule has 26 heavy (non-hydrogen) atoms. The first-order chi connectivity index (χ1) is 12.2. The lowest BCUT2D eigenvalue weighted by molar-refractivity contribution is -0.137. The molecule has 0 spiro atoms. The van der Waals surface area contributed by atoms with Gasteiger partial charge in [-0.15, -0.1) is 0 Å². The smallest absolute Gasteiger partial charge is 0.383 e. The number of benzene rings is 2. The second-order valence-electron chi connectivity index (χ2n) is 5.71. The standard InChI is InChI=1S/C18H14ClF3N4/c1-9-12(6-7-14-15(9)16(23)26-17(24)25-14)13(19)8-10-2-4-11(5-3-10)18(20,21)22/h2-8H,1H3,(H4,23,24,25,26). The molecule has 0 saturated carbocycles. The number of hydrogen-bond donors (Lipinski definition) is 2. The minimum absolute atomic E-state index is 0.0774. The zero-order valence-corrected chi connectivity index (χ0v) is 14.4. The molecule has 8 heteroatoms. The highest BCUT2D eigenvalue weighted by Gasteiger charge is 2.29. The van der Waals surface area contributed by atoms with Gasteiger partial charge in [0.05, 0.1) is 11.1 Å². The van der Waals surface area contributed by atoms with E-state index in [1.54, 1.807) is 18.2 Å². The van der Waals surface area contributed by atoms with Crippen molar-refractivity contribution in [1.82, 2.24) is 9.97 Å². The molecule has 0 atom stereocenters. The largest absolute Gasteiger partial charge is 0.416 e. The van der Waals surface area contributed by atoms with Crippen LogP contribution in [-0.4, -0.2) is 9.97 Å². The van der Waals surface area contributed by atoms with E-state index in [0.29, 0.717) is 27.1 Å². The number of nitrogens with two attached hydrogens (primary N) is 2. The predicted octanol–water partition coefficient (Wildman–Crippen LogP) is 4.86. The molecular formula is C18H14ClF3N4. The highest BCUT2D eigenvalue weighted by molar-refractivity contribution is 6.51. The Labute approximate surface area is 152 Å². The fourth-order valence-corrected chi connectivity index (χ4v) is 3.02. The monoisotopic (exact) mass is 378 g/mol. The maximum absolute atomic E-state index is 12.6. The highest BCUT2D eigenvalue weighted by atomic mass is 35.5. The number of nitrogen functional groups attached to an aromatic ring is 2. The van der Waals surface area contributed by atoms with Gasteiger partial charge in [0.25, 0.3) is 0 Å². The summed E-state index contributed by atoms with van der Waals surface area (Å²) in [5.74, 6) is 0.319. The van der Waals surface area contributed by atoms with Gasteiger partial charge in [-0.3, -0.25) is 0 Å². The van der Waals surface area contributed by atoms with Crippen molar-refractivity contribution >= 4 is 45.4 Å². The molecular weight excluding hydrogens is 365 g/mol. The maximum atomic E-state index is 12.6. The SMILES string of the molecule is Cc1c(C(Cl)=Cc2ccc(C(F)(F)F)cc2)ccc2nc(N)nc(N)c12. The van der Waals surface area contributed by atoms with Crippen LogP contribution in [0.1, 0.15) is 22.3 Å². The zero-order valence-electron chi connectivity index (χ0n) is 13.6.